The molecular weight excluding hydrogens is 302 g/mol. The quantitative estimate of drug-likeness (QED) is 0.498. The number of fused-ring (bicyclic) bond motifs is 1. The number of carbonyl (C=O) groups is 1. The van der Waals surface area contributed by atoms with Crippen LogP contribution < -0.4 is 5.43 Å². The number of hydrogen-bond donors (Lipinski definition) is 1. The van der Waals surface area contributed by atoms with Crippen LogP contribution in [-0.2, 0) is 4.79 Å². The van der Waals surface area contributed by atoms with E-state index < -0.39 is 0 Å². The molecule has 21 heavy (non-hydrogen) atoms. The lowest BCUT2D eigenvalue weighted by atomic mass is 10.1. The number of hydrogen-bond acceptors (Lipinski definition) is 5. The van der Waals surface area contributed by atoms with E-state index in [0.717, 1.165) is 26.7 Å². The Bertz CT molecular complexity index is 618. The van der Waals surface area contributed by atoms with E-state index in [0.29, 0.717) is 11.7 Å². The topological polar surface area (TPSA) is 54.4 Å². The predicted molar refractivity (Wildman–Crippen MR) is 91.1 cm³/mol. The Hall–Kier alpha value is -1.40. The first-order valence-electron chi connectivity index (χ1n) is 6.91. The zero-order chi connectivity index (χ0) is 15.2. The molecule has 0 aliphatic heterocycles. The minimum absolute atomic E-state index is 0.0955. The van der Waals surface area contributed by atoms with E-state index in [1.54, 1.807) is 11.3 Å². The maximum absolute atomic E-state index is 11.8. The summed E-state index contributed by atoms with van der Waals surface area (Å²) in [7, 11) is 0. The third-order valence-electron chi connectivity index (χ3n) is 3.28. The first-order chi connectivity index (χ1) is 10.1. The standard InChI is InChI=1S/C15H19N3OS2/c1-4-10(2)11(3)17-18-14(19)9-20-15-16-12-7-5-6-8-13(12)21-15/h5-8,10H,4,9H2,1-3H3,(H,18,19)/b17-11+. The minimum Gasteiger partial charge on any atom is -0.272 e. The van der Waals surface area contributed by atoms with Crippen molar-refractivity contribution in [2.45, 2.75) is 31.5 Å². The Morgan fingerprint density at radius 1 is 1.48 bits per heavy atom. The number of rotatable bonds is 6. The maximum Gasteiger partial charge on any atom is 0.250 e. The van der Waals surface area contributed by atoms with E-state index in [4.69, 9.17) is 0 Å². The third kappa shape index (κ3) is 4.54. The molecule has 0 saturated carbocycles. The van der Waals surface area contributed by atoms with Gasteiger partial charge in [0.1, 0.15) is 0 Å². The number of para-hydroxylation sites is 1. The molecule has 0 aliphatic carbocycles. The molecule has 1 atom stereocenters. The van der Waals surface area contributed by atoms with Crippen LogP contribution in [0.25, 0.3) is 10.2 Å². The smallest absolute Gasteiger partial charge is 0.250 e. The second-order valence-corrected chi connectivity index (χ2v) is 7.09. The molecule has 0 spiro atoms. The van der Waals surface area contributed by atoms with Gasteiger partial charge in [0.2, 0.25) is 0 Å². The summed E-state index contributed by atoms with van der Waals surface area (Å²) in [6.45, 7) is 6.14. The van der Waals surface area contributed by atoms with Crippen LogP contribution >= 0.6 is 23.1 Å². The summed E-state index contributed by atoms with van der Waals surface area (Å²) in [5.74, 6) is 0.626. The molecule has 0 bridgehead atoms. The van der Waals surface area contributed by atoms with Gasteiger partial charge in [0.25, 0.3) is 5.91 Å². The highest BCUT2D eigenvalue weighted by Crippen LogP contribution is 2.28. The van der Waals surface area contributed by atoms with Crippen LogP contribution in [0.15, 0.2) is 33.7 Å². The van der Waals surface area contributed by atoms with Crippen molar-refractivity contribution in [3.8, 4) is 0 Å². The van der Waals surface area contributed by atoms with Gasteiger partial charge in [0.05, 0.1) is 16.0 Å². The van der Waals surface area contributed by atoms with Gasteiger partial charge in [0.15, 0.2) is 4.34 Å². The molecular formula is C15H19N3OS2. The van der Waals surface area contributed by atoms with E-state index in [2.05, 4.69) is 29.4 Å². The number of nitrogens with one attached hydrogen (secondary N) is 1. The van der Waals surface area contributed by atoms with Gasteiger partial charge in [-0.2, -0.15) is 5.10 Å². The van der Waals surface area contributed by atoms with Crippen LogP contribution in [0.2, 0.25) is 0 Å². The van der Waals surface area contributed by atoms with Gasteiger partial charge in [-0.3, -0.25) is 4.79 Å². The number of hydrazone groups is 1. The second-order valence-electron chi connectivity index (χ2n) is 4.83. The van der Waals surface area contributed by atoms with Crippen LogP contribution in [0.5, 0.6) is 0 Å². The lowest BCUT2D eigenvalue weighted by Gasteiger charge is -2.07. The highest BCUT2D eigenvalue weighted by atomic mass is 32.2. The summed E-state index contributed by atoms with van der Waals surface area (Å²) < 4.78 is 2.06. The largest absolute Gasteiger partial charge is 0.272 e. The number of benzene rings is 1. The number of thioether (sulfide) groups is 1. The highest BCUT2D eigenvalue weighted by Gasteiger charge is 2.08. The first-order valence-corrected chi connectivity index (χ1v) is 8.71. The zero-order valence-corrected chi connectivity index (χ0v) is 14.1. The first kappa shape index (κ1) is 16.0. The van der Waals surface area contributed by atoms with Crippen molar-refractivity contribution in [1.29, 1.82) is 0 Å². The summed E-state index contributed by atoms with van der Waals surface area (Å²) >= 11 is 3.05. The summed E-state index contributed by atoms with van der Waals surface area (Å²) in [4.78, 5) is 16.3. The molecule has 2 aromatic rings. The molecule has 1 N–H and O–H groups in total. The van der Waals surface area contributed by atoms with Gasteiger partial charge in [-0.05, 0) is 31.4 Å². The van der Waals surface area contributed by atoms with Gasteiger partial charge in [0, 0.05) is 5.71 Å². The number of nitrogens with zero attached hydrogens (tertiary/aromatic N) is 2. The second kappa shape index (κ2) is 7.56. The van der Waals surface area contributed by atoms with Gasteiger partial charge in [-0.15, -0.1) is 11.3 Å². The van der Waals surface area contributed by atoms with E-state index in [1.807, 2.05) is 31.2 Å². The summed E-state index contributed by atoms with van der Waals surface area (Å²) in [6, 6.07) is 7.98. The SMILES string of the molecule is CCC(C)/C(C)=N/NC(=O)CSc1nc2ccccc2s1. The molecule has 1 aromatic heterocycles. The summed E-state index contributed by atoms with van der Waals surface area (Å²) in [5.41, 5.74) is 4.54. The van der Waals surface area contributed by atoms with Crippen molar-refractivity contribution in [3.05, 3.63) is 24.3 Å². The Labute approximate surface area is 133 Å². The number of amides is 1. The van der Waals surface area contributed by atoms with E-state index >= 15 is 0 Å². The molecule has 2 rings (SSSR count). The zero-order valence-electron chi connectivity index (χ0n) is 12.4. The summed E-state index contributed by atoms with van der Waals surface area (Å²) in [6.07, 6.45) is 1.02. The van der Waals surface area contributed by atoms with Crippen LogP contribution in [0.1, 0.15) is 27.2 Å². The molecule has 0 aliphatic rings. The van der Waals surface area contributed by atoms with E-state index in [1.165, 1.54) is 11.8 Å². The Kier molecular flexibility index (Phi) is 5.76. The van der Waals surface area contributed by atoms with Crippen molar-refractivity contribution < 1.29 is 4.79 Å². The van der Waals surface area contributed by atoms with Crippen molar-refractivity contribution in [2.24, 2.45) is 11.0 Å². The lowest BCUT2D eigenvalue weighted by Crippen LogP contribution is -2.22. The molecule has 1 aromatic carbocycles. The number of thiazole rings is 1. The summed E-state index contributed by atoms with van der Waals surface area (Å²) in [5, 5.41) is 4.14. The minimum atomic E-state index is -0.0955. The Balaban J connectivity index is 1.86. The average Bonchev–Trinajstić information content (AvgIpc) is 2.92. The average molecular weight is 321 g/mol. The van der Waals surface area contributed by atoms with Crippen LogP contribution in [0, 0.1) is 5.92 Å². The number of aromatic nitrogens is 1. The molecule has 0 saturated heterocycles. The monoisotopic (exact) mass is 321 g/mol. The van der Waals surface area contributed by atoms with Crippen molar-refractivity contribution in [1.82, 2.24) is 10.4 Å². The van der Waals surface area contributed by atoms with Gasteiger partial charge < -0.3 is 0 Å². The molecule has 1 amide bonds. The van der Waals surface area contributed by atoms with E-state index in [-0.39, 0.29) is 5.91 Å². The fraction of sp³-hybridized carbons (Fsp3) is 0.400. The van der Waals surface area contributed by atoms with E-state index in [9.17, 15) is 4.79 Å². The fourth-order valence-electron chi connectivity index (χ4n) is 1.63. The normalized spacial score (nSPS) is 13.4. The molecule has 1 heterocycles. The molecule has 1 unspecified atom stereocenters. The highest BCUT2D eigenvalue weighted by molar-refractivity contribution is 8.01. The molecule has 6 heteroatoms. The van der Waals surface area contributed by atoms with Crippen LogP contribution in [0.3, 0.4) is 0 Å². The predicted octanol–water partition coefficient (Wildman–Crippen LogP) is 3.93. The molecule has 0 radical (unpaired) electrons. The maximum atomic E-state index is 11.8. The van der Waals surface area contributed by atoms with Crippen LogP contribution in [0.4, 0.5) is 0 Å². The molecule has 4 nitrogen and oxygen atoms in total. The van der Waals surface area contributed by atoms with Gasteiger partial charge >= 0.3 is 0 Å². The van der Waals surface area contributed by atoms with Crippen LogP contribution in [-0.4, -0.2) is 22.4 Å². The van der Waals surface area contributed by atoms with Gasteiger partial charge in [-0.1, -0.05) is 37.7 Å². The van der Waals surface area contributed by atoms with Crippen molar-refractivity contribution in [3.63, 3.8) is 0 Å². The molecule has 0 fully saturated rings. The molecule has 112 valence electrons. The third-order valence-corrected chi connectivity index (χ3v) is 5.46. The lowest BCUT2D eigenvalue weighted by molar-refractivity contribution is -0.118. The van der Waals surface area contributed by atoms with Crippen molar-refractivity contribution in [2.75, 3.05) is 5.75 Å². The van der Waals surface area contributed by atoms with Gasteiger partial charge in [-0.25, -0.2) is 10.4 Å². The fourth-order valence-corrected chi connectivity index (χ4v) is 3.49. The Morgan fingerprint density at radius 2 is 2.24 bits per heavy atom. The van der Waals surface area contributed by atoms with Crippen molar-refractivity contribution >= 4 is 44.9 Å². The number of carbonyl (C=O) groups excluding carboxylic acids is 1. The Morgan fingerprint density at radius 3 is 2.95 bits per heavy atom.